The molecule has 146 valence electrons. The van der Waals surface area contributed by atoms with Crippen LogP contribution in [-0.4, -0.2) is 38.3 Å². The predicted molar refractivity (Wildman–Crippen MR) is 109 cm³/mol. The highest BCUT2D eigenvalue weighted by Gasteiger charge is 2.25. The molecule has 1 aliphatic rings. The molecule has 1 amide bonds. The first-order valence-electron chi connectivity index (χ1n) is 9.95. The predicted octanol–water partition coefficient (Wildman–Crippen LogP) is 2.87. The summed E-state index contributed by atoms with van der Waals surface area (Å²) in [4.78, 5) is 23.9. The second-order valence-corrected chi connectivity index (χ2v) is 7.68. The van der Waals surface area contributed by atoms with Crippen molar-refractivity contribution in [3.63, 3.8) is 0 Å². The first-order valence-corrected chi connectivity index (χ1v) is 9.95. The summed E-state index contributed by atoms with van der Waals surface area (Å²) in [5.74, 6) is 1.05. The van der Waals surface area contributed by atoms with Gasteiger partial charge in [0.1, 0.15) is 0 Å². The second-order valence-electron chi connectivity index (χ2n) is 7.68. The zero-order chi connectivity index (χ0) is 19.5. The third kappa shape index (κ3) is 4.07. The van der Waals surface area contributed by atoms with Crippen LogP contribution in [0.2, 0.25) is 0 Å². The maximum absolute atomic E-state index is 12.5. The Bertz CT molecular complexity index is 958. The number of nitrogens with zero attached hydrogens (tertiary/aromatic N) is 4. The fourth-order valence-electron chi connectivity index (χ4n) is 4.02. The van der Waals surface area contributed by atoms with Crippen molar-refractivity contribution in [2.45, 2.75) is 39.8 Å². The van der Waals surface area contributed by atoms with E-state index in [2.05, 4.69) is 37.6 Å². The fraction of sp³-hybridized carbons (Fsp3) is 0.409. The van der Waals surface area contributed by atoms with Gasteiger partial charge in [0.2, 0.25) is 11.7 Å². The van der Waals surface area contributed by atoms with E-state index in [1.165, 1.54) is 0 Å². The van der Waals surface area contributed by atoms with Crippen molar-refractivity contribution in [2.24, 2.45) is 5.92 Å². The van der Waals surface area contributed by atoms with Crippen molar-refractivity contribution in [1.29, 1.82) is 0 Å². The van der Waals surface area contributed by atoms with Crippen LogP contribution in [0.4, 0.5) is 0 Å². The van der Waals surface area contributed by atoms with Crippen LogP contribution in [0.3, 0.4) is 0 Å². The molecule has 3 heterocycles. The van der Waals surface area contributed by atoms with E-state index in [1.54, 1.807) is 0 Å². The molecular weight excluding hydrogens is 350 g/mol. The Morgan fingerprint density at radius 1 is 1.18 bits per heavy atom. The molecule has 0 aliphatic carbocycles. The molecule has 3 aromatic rings. The average Bonchev–Trinajstić information content (AvgIpc) is 3.10. The molecule has 0 radical (unpaired) electrons. The van der Waals surface area contributed by atoms with Crippen LogP contribution in [-0.2, 0) is 17.9 Å². The minimum atomic E-state index is 0.105. The number of piperidine rings is 1. The van der Waals surface area contributed by atoms with Crippen LogP contribution >= 0.6 is 0 Å². The Labute approximate surface area is 165 Å². The smallest absolute Gasteiger partial charge is 0.234 e. The van der Waals surface area contributed by atoms with E-state index in [0.717, 1.165) is 60.9 Å². The number of hydrogen-bond donors (Lipinski definition) is 1. The summed E-state index contributed by atoms with van der Waals surface area (Å²) in [6.07, 6.45) is 3.72. The van der Waals surface area contributed by atoms with E-state index in [9.17, 15) is 4.79 Å². The number of fused-ring (bicyclic) bond motifs is 1. The van der Waals surface area contributed by atoms with Crippen LogP contribution in [0.1, 0.15) is 35.5 Å². The van der Waals surface area contributed by atoms with Crippen molar-refractivity contribution >= 4 is 11.7 Å². The van der Waals surface area contributed by atoms with Gasteiger partial charge in [-0.05, 0) is 51.4 Å². The molecule has 0 unspecified atom stereocenters. The number of likely N-dealkylation sites (tertiary alicyclic amines) is 1. The number of aryl methyl sites for hydroxylation is 2. The van der Waals surface area contributed by atoms with E-state index >= 15 is 0 Å². The first kappa shape index (κ1) is 18.6. The maximum Gasteiger partial charge on any atom is 0.234 e. The van der Waals surface area contributed by atoms with E-state index in [1.807, 2.05) is 43.5 Å². The van der Waals surface area contributed by atoms with Crippen LogP contribution < -0.4 is 5.32 Å². The fourth-order valence-corrected chi connectivity index (χ4v) is 4.02. The molecule has 6 heteroatoms. The average molecular weight is 377 g/mol. The number of rotatable bonds is 5. The lowest BCUT2D eigenvalue weighted by atomic mass is 9.95. The topological polar surface area (TPSA) is 62.5 Å². The lowest BCUT2D eigenvalue weighted by Crippen LogP contribution is -2.40. The first-order chi connectivity index (χ1) is 13.6. The Morgan fingerprint density at radius 2 is 1.93 bits per heavy atom. The van der Waals surface area contributed by atoms with E-state index in [4.69, 9.17) is 0 Å². The van der Waals surface area contributed by atoms with E-state index in [0.29, 0.717) is 6.54 Å². The van der Waals surface area contributed by atoms with Gasteiger partial charge in [0.25, 0.3) is 0 Å². The molecule has 6 nitrogen and oxygen atoms in total. The standard InChI is InChI=1S/C22H27N5O/c1-16-12-17(2)27-20(14-24-22(27)25-16)15-26-10-8-19(9-11-26)21(28)23-13-18-6-4-3-5-7-18/h3-7,12,14,19H,8-11,13,15H2,1-2H3,(H,23,28). The Balaban J connectivity index is 1.31. The lowest BCUT2D eigenvalue weighted by molar-refractivity contribution is -0.126. The molecule has 1 aliphatic heterocycles. The number of carbonyl (C=O) groups excluding carboxylic acids is 1. The van der Waals surface area contributed by atoms with E-state index in [-0.39, 0.29) is 11.8 Å². The number of benzene rings is 1. The molecule has 0 atom stereocenters. The molecule has 28 heavy (non-hydrogen) atoms. The number of imidazole rings is 1. The molecule has 1 aromatic carbocycles. The van der Waals surface area contributed by atoms with Gasteiger partial charge in [-0.1, -0.05) is 30.3 Å². The number of nitrogens with one attached hydrogen (secondary N) is 1. The van der Waals surface area contributed by atoms with Crippen molar-refractivity contribution in [2.75, 3.05) is 13.1 Å². The van der Waals surface area contributed by atoms with Crippen molar-refractivity contribution < 1.29 is 4.79 Å². The number of hydrogen-bond acceptors (Lipinski definition) is 4. The lowest BCUT2D eigenvalue weighted by Gasteiger charge is -2.31. The Kier molecular flexibility index (Phi) is 5.39. The van der Waals surface area contributed by atoms with Crippen LogP contribution in [0.25, 0.3) is 5.78 Å². The third-order valence-electron chi connectivity index (χ3n) is 5.52. The van der Waals surface area contributed by atoms with Crippen molar-refractivity contribution in [1.82, 2.24) is 24.6 Å². The van der Waals surface area contributed by atoms with E-state index < -0.39 is 0 Å². The summed E-state index contributed by atoms with van der Waals surface area (Å²) in [6.45, 7) is 7.38. The normalized spacial score (nSPS) is 15.8. The Hall–Kier alpha value is -2.73. The molecule has 2 aromatic heterocycles. The molecule has 1 saturated heterocycles. The zero-order valence-corrected chi connectivity index (χ0v) is 16.6. The number of carbonyl (C=O) groups is 1. The van der Waals surface area contributed by atoms with Crippen LogP contribution in [0, 0.1) is 19.8 Å². The molecule has 0 saturated carbocycles. The molecule has 0 spiro atoms. The molecule has 0 bridgehead atoms. The minimum Gasteiger partial charge on any atom is -0.352 e. The largest absolute Gasteiger partial charge is 0.352 e. The van der Waals surface area contributed by atoms with Gasteiger partial charge in [-0.2, -0.15) is 0 Å². The number of amides is 1. The van der Waals surface area contributed by atoms with Crippen LogP contribution in [0.5, 0.6) is 0 Å². The minimum absolute atomic E-state index is 0.105. The molecule has 1 N–H and O–H groups in total. The summed E-state index contributed by atoms with van der Waals surface area (Å²) in [5.41, 5.74) is 4.45. The summed E-state index contributed by atoms with van der Waals surface area (Å²) >= 11 is 0. The van der Waals surface area contributed by atoms with Crippen molar-refractivity contribution in [3.8, 4) is 0 Å². The summed E-state index contributed by atoms with van der Waals surface area (Å²) in [7, 11) is 0. The SMILES string of the molecule is Cc1cc(C)n2c(CN3CCC(C(=O)NCc4ccccc4)CC3)cnc2n1. The third-order valence-corrected chi connectivity index (χ3v) is 5.52. The Morgan fingerprint density at radius 3 is 2.68 bits per heavy atom. The van der Waals surface area contributed by atoms with Gasteiger partial charge in [0, 0.05) is 30.4 Å². The zero-order valence-electron chi connectivity index (χ0n) is 16.6. The van der Waals surface area contributed by atoms with Gasteiger partial charge in [0.15, 0.2) is 0 Å². The highest BCUT2D eigenvalue weighted by atomic mass is 16.1. The summed E-state index contributed by atoms with van der Waals surface area (Å²) in [6, 6.07) is 12.1. The molecule has 4 rings (SSSR count). The van der Waals surface area contributed by atoms with Gasteiger partial charge in [-0.15, -0.1) is 0 Å². The van der Waals surface area contributed by atoms with Gasteiger partial charge in [-0.25, -0.2) is 9.97 Å². The second kappa shape index (κ2) is 8.10. The van der Waals surface area contributed by atoms with Crippen molar-refractivity contribution in [3.05, 3.63) is 65.2 Å². The van der Waals surface area contributed by atoms with Gasteiger partial charge < -0.3 is 5.32 Å². The highest BCUT2D eigenvalue weighted by Crippen LogP contribution is 2.20. The summed E-state index contributed by atoms with van der Waals surface area (Å²) in [5, 5.41) is 3.09. The van der Waals surface area contributed by atoms with Crippen LogP contribution in [0.15, 0.2) is 42.6 Å². The molecular formula is C22H27N5O. The number of aromatic nitrogens is 3. The van der Waals surface area contributed by atoms with Gasteiger partial charge in [-0.3, -0.25) is 14.1 Å². The highest BCUT2D eigenvalue weighted by molar-refractivity contribution is 5.78. The summed E-state index contributed by atoms with van der Waals surface area (Å²) < 4.78 is 2.13. The monoisotopic (exact) mass is 377 g/mol. The van der Waals surface area contributed by atoms with Gasteiger partial charge in [0.05, 0.1) is 11.9 Å². The maximum atomic E-state index is 12.5. The quantitative estimate of drug-likeness (QED) is 0.743. The molecule has 1 fully saturated rings. The van der Waals surface area contributed by atoms with Gasteiger partial charge >= 0.3 is 0 Å².